The number of nitrogens with zero attached hydrogens (tertiary/aromatic N) is 1. The zero-order valence-corrected chi connectivity index (χ0v) is 10.9. The van der Waals surface area contributed by atoms with Crippen molar-refractivity contribution in [1.82, 2.24) is 4.98 Å². The molecule has 17 heavy (non-hydrogen) atoms. The van der Waals surface area contributed by atoms with Crippen molar-refractivity contribution in [2.45, 2.75) is 32.6 Å². The fourth-order valence-electron chi connectivity index (χ4n) is 1.57. The van der Waals surface area contributed by atoms with E-state index in [0.29, 0.717) is 0 Å². The molecule has 0 saturated carbocycles. The number of aromatic nitrogens is 1. The second kappa shape index (κ2) is 4.11. The van der Waals surface area contributed by atoms with Gasteiger partial charge in [0.1, 0.15) is 0 Å². The lowest BCUT2D eigenvalue weighted by Crippen LogP contribution is -2.24. The number of carbonyl (C=O) groups excluding carboxylic acids is 1. The molecule has 2 rings (SSSR count). The number of aliphatic carboxylic acids is 1. The summed E-state index contributed by atoms with van der Waals surface area (Å²) in [4.78, 5) is 15.1. The van der Waals surface area contributed by atoms with Crippen LogP contribution in [0.25, 0.3) is 10.2 Å². The van der Waals surface area contributed by atoms with E-state index in [-0.39, 0.29) is 11.8 Å². The molecular weight excluding hydrogens is 234 g/mol. The van der Waals surface area contributed by atoms with Crippen LogP contribution in [0.2, 0.25) is 0 Å². The van der Waals surface area contributed by atoms with Gasteiger partial charge in [-0.05, 0) is 17.7 Å². The van der Waals surface area contributed by atoms with E-state index in [2.05, 4.69) is 25.8 Å². The first-order valence-electron chi connectivity index (χ1n) is 5.46. The Kier molecular flexibility index (Phi) is 2.91. The van der Waals surface area contributed by atoms with E-state index in [9.17, 15) is 9.90 Å². The number of rotatable bonds is 2. The average Bonchev–Trinajstić information content (AvgIpc) is 2.58. The number of hydrogen-bond acceptors (Lipinski definition) is 4. The summed E-state index contributed by atoms with van der Waals surface area (Å²) in [6.07, 6.45) is -0.0572. The first-order chi connectivity index (χ1) is 7.86. The largest absolute Gasteiger partial charge is 0.550 e. The summed E-state index contributed by atoms with van der Waals surface area (Å²) in [6.45, 7) is 6.35. The molecular formula is C13H14NO2S-. The highest BCUT2D eigenvalue weighted by Gasteiger charge is 2.18. The number of carbonyl (C=O) groups is 1. The molecule has 1 aromatic carbocycles. The molecule has 0 aliphatic heterocycles. The number of fused-ring (bicyclic) bond motifs is 1. The van der Waals surface area contributed by atoms with Crippen LogP contribution in [0.5, 0.6) is 0 Å². The van der Waals surface area contributed by atoms with Crippen LogP contribution in [0.15, 0.2) is 18.2 Å². The smallest absolute Gasteiger partial charge is 0.0992 e. The second-order valence-electron chi connectivity index (χ2n) is 5.12. The molecule has 0 aliphatic rings. The minimum absolute atomic E-state index is 0.0260. The van der Waals surface area contributed by atoms with Crippen molar-refractivity contribution >= 4 is 27.5 Å². The van der Waals surface area contributed by atoms with Crippen molar-refractivity contribution in [1.29, 1.82) is 0 Å². The molecule has 0 spiro atoms. The topological polar surface area (TPSA) is 53.0 Å². The van der Waals surface area contributed by atoms with E-state index in [1.54, 1.807) is 11.3 Å². The van der Waals surface area contributed by atoms with E-state index in [1.807, 2.05) is 18.2 Å². The highest BCUT2D eigenvalue weighted by molar-refractivity contribution is 7.18. The Morgan fingerprint density at radius 2 is 2.12 bits per heavy atom. The van der Waals surface area contributed by atoms with Crippen LogP contribution in [-0.2, 0) is 16.6 Å². The standard InChI is InChI=1S/C13H15NO2S/c1-13(2,3)12-14-9-6-8(7-11(15)16)4-5-10(9)17-12/h4-6H,7H2,1-3H3,(H,15,16)/p-1. The van der Waals surface area contributed by atoms with Crippen molar-refractivity contribution in [3.63, 3.8) is 0 Å². The van der Waals surface area contributed by atoms with Gasteiger partial charge in [0.05, 0.1) is 15.2 Å². The van der Waals surface area contributed by atoms with E-state index in [0.717, 1.165) is 20.8 Å². The molecule has 0 bridgehead atoms. The van der Waals surface area contributed by atoms with Crippen molar-refractivity contribution in [2.24, 2.45) is 0 Å². The monoisotopic (exact) mass is 248 g/mol. The van der Waals surface area contributed by atoms with Gasteiger partial charge in [0.15, 0.2) is 0 Å². The Bertz CT molecular complexity index is 566. The van der Waals surface area contributed by atoms with Crippen molar-refractivity contribution in [2.75, 3.05) is 0 Å². The predicted molar refractivity (Wildman–Crippen MR) is 67.0 cm³/mol. The molecule has 90 valence electrons. The Hall–Kier alpha value is -1.42. The SMILES string of the molecule is CC(C)(C)c1nc2cc(CC(=O)[O-])ccc2s1. The third-order valence-electron chi connectivity index (χ3n) is 2.44. The van der Waals surface area contributed by atoms with Crippen molar-refractivity contribution in [3.8, 4) is 0 Å². The molecule has 4 heteroatoms. The van der Waals surface area contributed by atoms with Crippen LogP contribution in [0, 0.1) is 0 Å². The maximum Gasteiger partial charge on any atom is 0.0992 e. The Morgan fingerprint density at radius 1 is 1.41 bits per heavy atom. The van der Waals surface area contributed by atoms with Crippen molar-refractivity contribution < 1.29 is 9.90 Å². The van der Waals surface area contributed by atoms with Gasteiger partial charge < -0.3 is 9.90 Å². The zero-order valence-electron chi connectivity index (χ0n) is 10.1. The first-order valence-corrected chi connectivity index (χ1v) is 6.28. The molecule has 1 heterocycles. The third kappa shape index (κ3) is 2.64. The minimum Gasteiger partial charge on any atom is -0.550 e. The van der Waals surface area contributed by atoms with Gasteiger partial charge in [-0.1, -0.05) is 26.8 Å². The Balaban J connectivity index is 2.44. The van der Waals surface area contributed by atoms with Gasteiger partial charge in [0.25, 0.3) is 0 Å². The number of carboxylic acid groups (broad SMARTS) is 1. The van der Waals surface area contributed by atoms with Crippen LogP contribution in [0.1, 0.15) is 31.3 Å². The molecule has 0 N–H and O–H groups in total. The van der Waals surface area contributed by atoms with Gasteiger partial charge in [-0.2, -0.15) is 0 Å². The molecule has 0 saturated heterocycles. The minimum atomic E-state index is -1.06. The van der Waals surface area contributed by atoms with Gasteiger partial charge >= 0.3 is 0 Å². The Morgan fingerprint density at radius 3 is 2.71 bits per heavy atom. The summed E-state index contributed by atoms with van der Waals surface area (Å²) < 4.78 is 1.09. The van der Waals surface area contributed by atoms with Gasteiger partial charge in [-0.3, -0.25) is 0 Å². The highest BCUT2D eigenvalue weighted by atomic mass is 32.1. The van der Waals surface area contributed by atoms with Crippen LogP contribution in [-0.4, -0.2) is 11.0 Å². The van der Waals surface area contributed by atoms with E-state index in [4.69, 9.17) is 0 Å². The Labute approximate surface area is 104 Å². The lowest BCUT2D eigenvalue weighted by Gasteiger charge is -2.13. The highest BCUT2D eigenvalue weighted by Crippen LogP contribution is 2.31. The fraction of sp³-hybridized carbons (Fsp3) is 0.385. The molecule has 2 aromatic rings. The summed E-state index contributed by atoms with van der Waals surface area (Å²) in [7, 11) is 0. The summed E-state index contributed by atoms with van der Waals surface area (Å²) in [5.41, 5.74) is 1.64. The summed E-state index contributed by atoms with van der Waals surface area (Å²) in [5, 5.41) is 11.6. The maximum absolute atomic E-state index is 10.5. The molecule has 1 aromatic heterocycles. The molecule has 0 fully saturated rings. The van der Waals surface area contributed by atoms with Gasteiger partial charge in [-0.25, -0.2) is 4.98 Å². The van der Waals surface area contributed by atoms with Crippen LogP contribution < -0.4 is 5.11 Å². The summed E-state index contributed by atoms with van der Waals surface area (Å²) in [6, 6.07) is 5.58. The average molecular weight is 248 g/mol. The number of hydrogen-bond donors (Lipinski definition) is 0. The van der Waals surface area contributed by atoms with E-state index < -0.39 is 5.97 Å². The summed E-state index contributed by atoms with van der Waals surface area (Å²) >= 11 is 1.66. The molecule has 0 amide bonds. The molecule has 0 atom stereocenters. The van der Waals surface area contributed by atoms with Crippen LogP contribution >= 0.6 is 11.3 Å². The van der Waals surface area contributed by atoms with Gasteiger partial charge in [0, 0.05) is 17.8 Å². The first kappa shape index (κ1) is 12.0. The van der Waals surface area contributed by atoms with Crippen LogP contribution in [0.4, 0.5) is 0 Å². The quantitative estimate of drug-likeness (QED) is 0.815. The van der Waals surface area contributed by atoms with Gasteiger partial charge in [-0.15, -0.1) is 11.3 Å². The molecule has 0 aliphatic carbocycles. The molecule has 0 unspecified atom stereocenters. The fourth-order valence-corrected chi connectivity index (χ4v) is 2.57. The van der Waals surface area contributed by atoms with Crippen LogP contribution in [0.3, 0.4) is 0 Å². The molecule has 0 radical (unpaired) electrons. The second-order valence-corrected chi connectivity index (χ2v) is 6.15. The maximum atomic E-state index is 10.5. The summed E-state index contributed by atoms with van der Waals surface area (Å²) in [5.74, 6) is -1.06. The predicted octanol–water partition coefficient (Wildman–Crippen LogP) is 1.89. The van der Waals surface area contributed by atoms with E-state index in [1.165, 1.54) is 0 Å². The molecule has 3 nitrogen and oxygen atoms in total. The van der Waals surface area contributed by atoms with E-state index >= 15 is 0 Å². The lowest BCUT2D eigenvalue weighted by atomic mass is 9.98. The van der Waals surface area contributed by atoms with Crippen molar-refractivity contribution in [3.05, 3.63) is 28.8 Å². The lowest BCUT2D eigenvalue weighted by molar-refractivity contribution is -0.304. The number of thiazole rings is 1. The van der Waals surface area contributed by atoms with Gasteiger partial charge in [0.2, 0.25) is 0 Å². The third-order valence-corrected chi connectivity index (χ3v) is 3.90. The normalized spacial score (nSPS) is 11.9. The number of benzene rings is 1. The number of carboxylic acids is 1. The zero-order chi connectivity index (χ0) is 12.6.